The lowest BCUT2D eigenvalue weighted by Crippen LogP contribution is -2.57. The second-order valence-corrected chi connectivity index (χ2v) is 5.92. The van der Waals surface area contributed by atoms with Gasteiger partial charge in [0.1, 0.15) is 0 Å². The highest BCUT2D eigenvalue weighted by molar-refractivity contribution is 7.89. The fraction of sp³-hybridized carbons (Fsp3) is 1.00. The molecule has 0 saturated carbocycles. The summed E-state index contributed by atoms with van der Waals surface area (Å²) in [4.78, 5) is 0. The van der Waals surface area contributed by atoms with Gasteiger partial charge in [-0.25, -0.2) is 8.42 Å². The summed E-state index contributed by atoms with van der Waals surface area (Å²) >= 11 is 0. The quantitative estimate of drug-likeness (QED) is 0.653. The molecule has 6 heteroatoms. The van der Waals surface area contributed by atoms with Crippen molar-refractivity contribution in [2.75, 3.05) is 25.5 Å². The first-order valence-corrected chi connectivity index (χ1v) is 6.29. The number of rotatable bonds is 3. The minimum absolute atomic E-state index is 0.114. The van der Waals surface area contributed by atoms with E-state index in [0.29, 0.717) is 13.0 Å². The number of hydrogen-bond acceptors (Lipinski definition) is 4. The Morgan fingerprint density at radius 1 is 1.29 bits per heavy atom. The van der Waals surface area contributed by atoms with Crippen LogP contribution in [0.3, 0.4) is 0 Å². The first kappa shape index (κ1) is 11.9. The van der Waals surface area contributed by atoms with Gasteiger partial charge in [-0.2, -0.15) is 4.31 Å². The smallest absolute Gasteiger partial charge is 0.214 e. The average Bonchev–Trinajstić information content (AvgIpc) is 2.16. The van der Waals surface area contributed by atoms with Crippen LogP contribution in [0.15, 0.2) is 0 Å². The molecule has 0 aliphatic carbocycles. The Labute approximate surface area is 84.4 Å². The molecular formula is C8H17NO4S. The van der Waals surface area contributed by atoms with E-state index in [2.05, 4.69) is 0 Å². The summed E-state index contributed by atoms with van der Waals surface area (Å²) in [6.07, 6.45) is 1.45. The van der Waals surface area contributed by atoms with E-state index < -0.39 is 15.6 Å². The van der Waals surface area contributed by atoms with Gasteiger partial charge in [0.2, 0.25) is 10.0 Å². The number of hydrogen-bond donors (Lipinski definition) is 2. The molecule has 0 aromatic heterocycles. The number of aliphatic hydroxyl groups is 2. The van der Waals surface area contributed by atoms with Crippen molar-refractivity contribution in [3.05, 3.63) is 0 Å². The lowest BCUT2D eigenvalue weighted by atomic mass is 10.1. The fourth-order valence-corrected chi connectivity index (χ4v) is 3.59. The van der Waals surface area contributed by atoms with E-state index in [1.165, 1.54) is 4.31 Å². The van der Waals surface area contributed by atoms with Gasteiger partial charge < -0.3 is 10.2 Å². The largest absolute Gasteiger partial charge is 0.394 e. The Bertz CT molecular complexity index is 284. The van der Waals surface area contributed by atoms with Gasteiger partial charge in [-0.3, -0.25) is 0 Å². The second kappa shape index (κ2) is 4.14. The van der Waals surface area contributed by atoms with Crippen molar-refractivity contribution in [2.24, 2.45) is 0 Å². The summed E-state index contributed by atoms with van der Waals surface area (Å²) in [5.74, 6) is 0.114. The van der Waals surface area contributed by atoms with Gasteiger partial charge in [-0.15, -0.1) is 0 Å². The van der Waals surface area contributed by atoms with Crippen molar-refractivity contribution in [1.29, 1.82) is 0 Å². The van der Waals surface area contributed by atoms with Gasteiger partial charge >= 0.3 is 0 Å². The van der Waals surface area contributed by atoms with Crippen molar-refractivity contribution in [3.8, 4) is 0 Å². The zero-order valence-corrected chi connectivity index (χ0v) is 9.13. The van der Waals surface area contributed by atoms with E-state index in [9.17, 15) is 8.42 Å². The van der Waals surface area contributed by atoms with Crippen LogP contribution in [0.4, 0.5) is 0 Å². The Kier molecular flexibility index (Phi) is 3.52. The van der Waals surface area contributed by atoms with Crippen LogP contribution in [0.1, 0.15) is 19.8 Å². The zero-order chi connectivity index (χ0) is 10.8. The lowest BCUT2D eigenvalue weighted by molar-refractivity contribution is 0.0459. The van der Waals surface area contributed by atoms with Crippen LogP contribution in [0.25, 0.3) is 0 Å². The SMILES string of the molecule is CC(CO)(CO)N1CCCCS1(=O)=O. The van der Waals surface area contributed by atoms with E-state index in [1.807, 2.05) is 0 Å². The van der Waals surface area contributed by atoms with Gasteiger partial charge in [0, 0.05) is 6.54 Å². The van der Waals surface area contributed by atoms with E-state index in [1.54, 1.807) is 6.92 Å². The molecule has 1 saturated heterocycles. The van der Waals surface area contributed by atoms with Gasteiger partial charge in [0.25, 0.3) is 0 Å². The molecule has 0 spiro atoms. The summed E-state index contributed by atoms with van der Waals surface area (Å²) < 4.78 is 24.5. The molecule has 1 aliphatic heterocycles. The van der Waals surface area contributed by atoms with Crippen LogP contribution in [-0.2, 0) is 10.0 Å². The van der Waals surface area contributed by atoms with Crippen LogP contribution in [0, 0.1) is 0 Å². The number of aliphatic hydroxyl groups excluding tert-OH is 2. The first-order chi connectivity index (χ1) is 6.46. The number of nitrogens with zero attached hydrogens (tertiary/aromatic N) is 1. The highest BCUT2D eigenvalue weighted by atomic mass is 32.2. The standard InChI is InChI=1S/C8H17NO4S/c1-8(6-10,7-11)9-4-2-3-5-14(9,12)13/h10-11H,2-7H2,1H3. The molecule has 0 atom stereocenters. The monoisotopic (exact) mass is 223 g/mol. The predicted molar refractivity (Wildman–Crippen MR) is 52.3 cm³/mol. The molecule has 1 aliphatic rings. The third-order valence-corrected chi connectivity index (χ3v) is 4.73. The Hall–Kier alpha value is -0.170. The molecule has 0 bridgehead atoms. The summed E-state index contributed by atoms with van der Waals surface area (Å²) in [5.41, 5.74) is -1.06. The van der Waals surface area contributed by atoms with Crippen LogP contribution in [0.2, 0.25) is 0 Å². The summed E-state index contributed by atoms with van der Waals surface area (Å²) in [7, 11) is -3.29. The Morgan fingerprint density at radius 2 is 1.86 bits per heavy atom. The molecule has 0 radical (unpaired) electrons. The molecule has 0 amide bonds. The van der Waals surface area contributed by atoms with Crippen molar-refractivity contribution in [3.63, 3.8) is 0 Å². The molecule has 5 nitrogen and oxygen atoms in total. The van der Waals surface area contributed by atoms with Gasteiger partial charge in [-0.1, -0.05) is 0 Å². The van der Waals surface area contributed by atoms with Gasteiger partial charge in [0.05, 0.1) is 24.5 Å². The average molecular weight is 223 g/mol. The molecule has 14 heavy (non-hydrogen) atoms. The maximum Gasteiger partial charge on any atom is 0.214 e. The van der Waals surface area contributed by atoms with Crippen LogP contribution >= 0.6 is 0 Å². The molecule has 84 valence electrons. The third kappa shape index (κ3) is 2.08. The number of sulfonamides is 1. The predicted octanol–water partition coefficient (Wildman–Crippen LogP) is -0.845. The van der Waals surface area contributed by atoms with Crippen LogP contribution in [-0.4, -0.2) is 54.0 Å². The van der Waals surface area contributed by atoms with E-state index in [0.717, 1.165) is 6.42 Å². The summed E-state index contributed by atoms with van der Waals surface area (Å²) in [6.45, 7) is 1.22. The van der Waals surface area contributed by atoms with Crippen molar-refractivity contribution in [1.82, 2.24) is 4.31 Å². The molecule has 0 unspecified atom stereocenters. The third-order valence-electron chi connectivity index (χ3n) is 2.63. The molecule has 1 fully saturated rings. The zero-order valence-electron chi connectivity index (χ0n) is 8.31. The maximum atomic E-state index is 11.6. The summed E-state index contributed by atoms with van der Waals surface area (Å²) in [5, 5.41) is 18.2. The van der Waals surface area contributed by atoms with E-state index >= 15 is 0 Å². The molecule has 1 heterocycles. The molecule has 2 N–H and O–H groups in total. The highest BCUT2D eigenvalue weighted by Gasteiger charge is 2.40. The van der Waals surface area contributed by atoms with Crippen LogP contribution < -0.4 is 0 Å². The fourth-order valence-electron chi connectivity index (χ4n) is 1.60. The lowest BCUT2D eigenvalue weighted by Gasteiger charge is -2.39. The topological polar surface area (TPSA) is 77.8 Å². The minimum atomic E-state index is -3.29. The van der Waals surface area contributed by atoms with Gasteiger partial charge in [-0.05, 0) is 19.8 Å². The second-order valence-electron chi connectivity index (χ2n) is 3.91. The van der Waals surface area contributed by atoms with E-state index in [-0.39, 0.29) is 19.0 Å². The molecule has 1 rings (SSSR count). The van der Waals surface area contributed by atoms with Gasteiger partial charge in [0.15, 0.2) is 0 Å². The Balaban J connectivity index is 2.94. The van der Waals surface area contributed by atoms with Crippen molar-refractivity contribution in [2.45, 2.75) is 25.3 Å². The molecule has 0 aromatic carbocycles. The highest BCUT2D eigenvalue weighted by Crippen LogP contribution is 2.23. The van der Waals surface area contributed by atoms with Crippen LogP contribution in [0.5, 0.6) is 0 Å². The minimum Gasteiger partial charge on any atom is -0.394 e. The molecule has 0 aromatic rings. The van der Waals surface area contributed by atoms with Crippen molar-refractivity contribution < 1.29 is 18.6 Å². The summed E-state index contributed by atoms with van der Waals surface area (Å²) in [6, 6.07) is 0. The Morgan fingerprint density at radius 3 is 2.29 bits per heavy atom. The maximum absolute atomic E-state index is 11.6. The molecular weight excluding hydrogens is 206 g/mol. The van der Waals surface area contributed by atoms with Crippen molar-refractivity contribution >= 4 is 10.0 Å². The first-order valence-electron chi connectivity index (χ1n) is 4.68. The normalized spacial score (nSPS) is 23.6. The van der Waals surface area contributed by atoms with E-state index in [4.69, 9.17) is 10.2 Å².